The summed E-state index contributed by atoms with van der Waals surface area (Å²) in [6.45, 7) is 12.6. The summed E-state index contributed by atoms with van der Waals surface area (Å²) >= 11 is 0. The molecule has 0 bridgehead atoms. The number of hydrogen-bond donors (Lipinski definition) is 2. The third-order valence-electron chi connectivity index (χ3n) is 7.05. The number of aryl methyl sites for hydroxylation is 2. The Morgan fingerprint density at radius 2 is 1.77 bits per heavy atom. The molecule has 1 saturated heterocycles. The minimum absolute atomic E-state index is 0.179. The summed E-state index contributed by atoms with van der Waals surface area (Å²) in [7, 11) is 1.84. The summed E-state index contributed by atoms with van der Waals surface area (Å²) in [6.07, 6.45) is 7.26. The molecule has 1 aliphatic heterocycles. The Kier molecular flexibility index (Phi) is 8.94. The van der Waals surface area contributed by atoms with Gasteiger partial charge in [-0.25, -0.2) is 14.6 Å². The summed E-state index contributed by atoms with van der Waals surface area (Å²) < 4.78 is 12.5. The van der Waals surface area contributed by atoms with E-state index >= 15 is 0 Å². The van der Waals surface area contributed by atoms with Gasteiger partial charge in [-0.3, -0.25) is 9.58 Å². The number of amides is 1. The first-order valence-corrected chi connectivity index (χ1v) is 13.8. The van der Waals surface area contributed by atoms with Crippen molar-refractivity contribution >= 4 is 29.5 Å². The van der Waals surface area contributed by atoms with E-state index in [0.29, 0.717) is 42.2 Å². The average Bonchev–Trinajstić information content (AvgIpc) is 3.27. The number of esters is 1. The van der Waals surface area contributed by atoms with Crippen LogP contribution in [0.2, 0.25) is 0 Å². The van der Waals surface area contributed by atoms with Gasteiger partial charge in [0.25, 0.3) is 0 Å². The third kappa shape index (κ3) is 7.59. The van der Waals surface area contributed by atoms with Crippen LogP contribution in [-0.2, 0) is 16.5 Å². The maximum Gasteiger partial charge on any atom is 0.410 e. The fraction of sp³-hybridized carbons (Fsp3) is 0.667. The molecule has 1 aliphatic carbocycles. The Bertz CT molecular complexity index is 1150. The number of hydrogen-bond acceptors (Lipinski definition) is 10. The molecule has 0 spiro atoms. The van der Waals surface area contributed by atoms with E-state index in [1.54, 1.807) is 29.6 Å². The van der Waals surface area contributed by atoms with Gasteiger partial charge in [0.15, 0.2) is 0 Å². The second-order valence-corrected chi connectivity index (χ2v) is 11.3. The molecule has 0 radical (unpaired) electrons. The van der Waals surface area contributed by atoms with Crippen LogP contribution in [-0.4, -0.2) is 92.1 Å². The van der Waals surface area contributed by atoms with Gasteiger partial charge in [0.05, 0.1) is 24.2 Å². The zero-order valence-electron chi connectivity index (χ0n) is 24.0. The third-order valence-corrected chi connectivity index (χ3v) is 7.05. The minimum Gasteiger partial charge on any atom is -0.462 e. The van der Waals surface area contributed by atoms with Crippen molar-refractivity contribution in [1.29, 1.82) is 0 Å². The van der Waals surface area contributed by atoms with Crippen molar-refractivity contribution in [2.45, 2.75) is 78.0 Å². The zero-order valence-corrected chi connectivity index (χ0v) is 24.0. The van der Waals surface area contributed by atoms with Crippen LogP contribution < -0.4 is 10.6 Å². The highest BCUT2D eigenvalue weighted by Gasteiger charge is 2.32. The van der Waals surface area contributed by atoms with Gasteiger partial charge in [-0.05, 0) is 60.3 Å². The monoisotopic (exact) mass is 542 g/mol. The van der Waals surface area contributed by atoms with Crippen molar-refractivity contribution in [3.05, 3.63) is 23.7 Å². The van der Waals surface area contributed by atoms with Crippen molar-refractivity contribution in [1.82, 2.24) is 29.5 Å². The first-order chi connectivity index (χ1) is 18.5. The molecule has 2 N–H and O–H groups in total. The molecule has 3 heterocycles. The molecule has 2 fully saturated rings. The van der Waals surface area contributed by atoms with Crippen LogP contribution in [0.5, 0.6) is 0 Å². The lowest BCUT2D eigenvalue weighted by Crippen LogP contribution is -2.53. The van der Waals surface area contributed by atoms with Crippen molar-refractivity contribution in [2.24, 2.45) is 7.05 Å². The Labute approximate surface area is 230 Å². The molecular formula is C27H42N8O4. The van der Waals surface area contributed by atoms with Gasteiger partial charge in [-0.15, -0.1) is 0 Å². The minimum atomic E-state index is -0.482. The molecule has 0 aromatic carbocycles. The van der Waals surface area contributed by atoms with E-state index in [9.17, 15) is 9.59 Å². The molecule has 1 amide bonds. The number of anilines is 3. The van der Waals surface area contributed by atoms with Crippen molar-refractivity contribution in [3.8, 4) is 0 Å². The fourth-order valence-electron chi connectivity index (χ4n) is 5.17. The number of nitrogens with zero attached hydrogens (tertiary/aromatic N) is 6. The molecule has 0 unspecified atom stereocenters. The normalized spacial score (nSPS) is 20.4. The van der Waals surface area contributed by atoms with E-state index in [4.69, 9.17) is 9.47 Å². The van der Waals surface area contributed by atoms with Gasteiger partial charge < -0.3 is 25.0 Å². The van der Waals surface area contributed by atoms with Crippen molar-refractivity contribution in [3.63, 3.8) is 0 Å². The van der Waals surface area contributed by atoms with E-state index in [1.807, 2.05) is 34.0 Å². The van der Waals surface area contributed by atoms with Crippen molar-refractivity contribution in [2.75, 3.05) is 43.4 Å². The second kappa shape index (κ2) is 12.2. The Morgan fingerprint density at radius 3 is 2.36 bits per heavy atom. The number of carbonyl (C=O) groups is 2. The summed E-state index contributed by atoms with van der Waals surface area (Å²) in [4.78, 5) is 38.7. The lowest BCUT2D eigenvalue weighted by molar-refractivity contribution is 0.00805. The maximum absolute atomic E-state index is 12.8. The lowest BCUT2D eigenvalue weighted by atomic mass is 9.89. The SMILES string of the molecule is CCOC(=O)c1c(C)nc(Nc2cnn(C)c2)nc1NC1CCC(N2CCN(C(=O)OC(C)(C)C)CC2)CC1. The molecule has 4 rings (SSSR count). The molecule has 2 aliphatic rings. The smallest absolute Gasteiger partial charge is 0.410 e. The Morgan fingerprint density at radius 1 is 1.08 bits per heavy atom. The van der Waals surface area contributed by atoms with Crippen LogP contribution in [0.1, 0.15) is 69.4 Å². The molecule has 0 atom stereocenters. The zero-order chi connectivity index (χ0) is 28.2. The summed E-state index contributed by atoms with van der Waals surface area (Å²) in [5, 5.41) is 10.9. The van der Waals surface area contributed by atoms with E-state index < -0.39 is 11.6 Å². The standard InChI is InChI=1S/C27H42N8O4/c1-7-38-24(36)22-18(2)29-25(31-20-16-28-33(6)17-20)32-23(22)30-19-8-10-21(11-9-19)34-12-14-35(15-13-34)26(37)39-27(3,4)5/h16-17,19,21H,7-15H2,1-6H3,(H2,29,30,31,32). The number of nitrogens with one attached hydrogen (secondary N) is 2. The van der Waals surface area contributed by atoms with Gasteiger partial charge in [0.2, 0.25) is 5.95 Å². The topological polar surface area (TPSA) is 127 Å². The molecular weight excluding hydrogens is 500 g/mol. The largest absolute Gasteiger partial charge is 0.462 e. The maximum atomic E-state index is 12.8. The number of carbonyl (C=O) groups excluding carboxylic acids is 2. The van der Waals surface area contributed by atoms with Crippen LogP contribution in [0.15, 0.2) is 12.4 Å². The number of ether oxygens (including phenoxy) is 2. The molecule has 1 saturated carbocycles. The second-order valence-electron chi connectivity index (χ2n) is 11.3. The first-order valence-electron chi connectivity index (χ1n) is 13.8. The fourth-order valence-corrected chi connectivity index (χ4v) is 5.17. The van der Waals surface area contributed by atoms with Crippen LogP contribution in [0, 0.1) is 6.92 Å². The van der Waals surface area contributed by atoms with Crippen LogP contribution >= 0.6 is 0 Å². The summed E-state index contributed by atoms with van der Waals surface area (Å²) in [5.74, 6) is 0.455. The molecule has 12 nitrogen and oxygen atoms in total. The Balaban J connectivity index is 1.37. The quantitative estimate of drug-likeness (QED) is 0.500. The van der Waals surface area contributed by atoms with E-state index in [0.717, 1.165) is 44.5 Å². The predicted molar refractivity (Wildman–Crippen MR) is 148 cm³/mol. The van der Waals surface area contributed by atoms with Gasteiger partial charge in [0.1, 0.15) is 17.0 Å². The van der Waals surface area contributed by atoms with Crippen LogP contribution in [0.4, 0.5) is 22.2 Å². The van der Waals surface area contributed by atoms with Gasteiger partial charge >= 0.3 is 12.1 Å². The van der Waals surface area contributed by atoms with Crippen LogP contribution in [0.25, 0.3) is 0 Å². The number of aromatic nitrogens is 4. The molecule has 2 aromatic rings. The highest BCUT2D eigenvalue weighted by atomic mass is 16.6. The molecule has 12 heteroatoms. The van der Waals surface area contributed by atoms with Gasteiger partial charge in [0, 0.05) is 51.5 Å². The van der Waals surface area contributed by atoms with E-state index in [2.05, 4.69) is 30.6 Å². The first kappa shape index (κ1) is 28.6. The number of rotatable bonds is 7. The summed E-state index contributed by atoms with van der Waals surface area (Å²) in [6, 6.07) is 0.654. The van der Waals surface area contributed by atoms with E-state index in [-0.39, 0.29) is 18.7 Å². The summed E-state index contributed by atoms with van der Waals surface area (Å²) in [5.41, 5.74) is 1.20. The highest BCUT2D eigenvalue weighted by Crippen LogP contribution is 2.29. The predicted octanol–water partition coefficient (Wildman–Crippen LogP) is 3.71. The van der Waals surface area contributed by atoms with Gasteiger partial charge in [-0.2, -0.15) is 10.1 Å². The van der Waals surface area contributed by atoms with Crippen LogP contribution in [0.3, 0.4) is 0 Å². The van der Waals surface area contributed by atoms with E-state index in [1.165, 1.54) is 0 Å². The molecule has 2 aromatic heterocycles. The van der Waals surface area contributed by atoms with Crippen molar-refractivity contribution < 1.29 is 19.1 Å². The van der Waals surface area contributed by atoms with Gasteiger partial charge in [-0.1, -0.05) is 0 Å². The number of piperazine rings is 1. The molecule has 214 valence electrons. The average molecular weight is 543 g/mol. The lowest BCUT2D eigenvalue weighted by Gasteiger charge is -2.42. The molecule has 39 heavy (non-hydrogen) atoms. The highest BCUT2D eigenvalue weighted by molar-refractivity contribution is 5.96. The Hall–Kier alpha value is -3.41.